The number of nitrogens with zero attached hydrogens (tertiary/aromatic N) is 3. The maximum atomic E-state index is 5.83. The molecule has 1 aromatic rings. The monoisotopic (exact) mass is 180 g/mol. The molecule has 13 heavy (non-hydrogen) atoms. The van der Waals surface area contributed by atoms with Crippen LogP contribution < -0.4 is 5.84 Å². The number of hydrogen-bond acceptors (Lipinski definition) is 3. The average molecular weight is 180 g/mol. The number of aromatic nitrogens is 2. The van der Waals surface area contributed by atoms with Crippen molar-refractivity contribution in [2.75, 3.05) is 6.54 Å². The number of rotatable bonds is 0. The van der Waals surface area contributed by atoms with Gasteiger partial charge in [0.2, 0.25) is 0 Å². The van der Waals surface area contributed by atoms with Crippen molar-refractivity contribution >= 4 is 0 Å². The Morgan fingerprint density at radius 1 is 1.54 bits per heavy atom. The van der Waals surface area contributed by atoms with E-state index in [-0.39, 0.29) is 5.41 Å². The predicted molar refractivity (Wildman–Crippen MR) is 50.8 cm³/mol. The summed E-state index contributed by atoms with van der Waals surface area (Å²) in [7, 11) is 1.99. The molecule has 0 amide bonds. The molecule has 0 unspecified atom stereocenters. The average Bonchev–Trinajstić information content (AvgIpc) is 2.29. The molecular formula is C9H16N4. The highest BCUT2D eigenvalue weighted by Gasteiger charge is 2.33. The van der Waals surface area contributed by atoms with Gasteiger partial charge in [0.15, 0.2) is 0 Å². The molecule has 72 valence electrons. The van der Waals surface area contributed by atoms with Crippen LogP contribution in [-0.4, -0.2) is 21.3 Å². The van der Waals surface area contributed by atoms with Gasteiger partial charge in [-0.3, -0.25) is 10.5 Å². The van der Waals surface area contributed by atoms with Crippen molar-refractivity contribution in [1.82, 2.24) is 14.8 Å². The van der Waals surface area contributed by atoms with Crippen molar-refractivity contribution in [3.8, 4) is 0 Å². The van der Waals surface area contributed by atoms with Crippen molar-refractivity contribution in [3.05, 3.63) is 17.5 Å². The molecule has 0 atom stereocenters. The van der Waals surface area contributed by atoms with Crippen LogP contribution in [0.3, 0.4) is 0 Å². The standard InChI is InChI=1S/C9H16N4/c1-9(2)6-13(10)5-7-4-11-12(3)8(7)9/h4H,5-6,10H2,1-3H3. The predicted octanol–water partition coefficient (Wildman–Crippen LogP) is 0.387. The molecule has 0 bridgehead atoms. The van der Waals surface area contributed by atoms with Gasteiger partial charge in [0.25, 0.3) is 0 Å². The summed E-state index contributed by atoms with van der Waals surface area (Å²) < 4.78 is 1.96. The van der Waals surface area contributed by atoms with Crippen LogP contribution >= 0.6 is 0 Å². The first-order valence-corrected chi connectivity index (χ1v) is 4.52. The molecular weight excluding hydrogens is 164 g/mol. The minimum Gasteiger partial charge on any atom is -0.272 e. The highest BCUT2D eigenvalue weighted by molar-refractivity contribution is 5.28. The molecule has 0 saturated heterocycles. The summed E-state index contributed by atoms with van der Waals surface area (Å²) in [5.74, 6) is 5.83. The third-order valence-electron chi connectivity index (χ3n) is 2.63. The number of fused-ring (bicyclic) bond motifs is 1. The van der Waals surface area contributed by atoms with E-state index in [9.17, 15) is 0 Å². The smallest absolute Gasteiger partial charge is 0.0538 e. The minimum atomic E-state index is 0.105. The molecule has 1 aliphatic rings. The Morgan fingerprint density at radius 2 is 2.23 bits per heavy atom. The van der Waals surface area contributed by atoms with E-state index in [1.807, 2.05) is 22.9 Å². The topological polar surface area (TPSA) is 47.1 Å². The number of nitrogens with two attached hydrogens (primary N) is 1. The summed E-state index contributed by atoms with van der Waals surface area (Å²) in [6.07, 6.45) is 1.91. The molecule has 0 fully saturated rings. The molecule has 1 aromatic heterocycles. The highest BCUT2D eigenvalue weighted by Crippen LogP contribution is 2.31. The van der Waals surface area contributed by atoms with Gasteiger partial charge in [-0.25, -0.2) is 5.01 Å². The van der Waals surface area contributed by atoms with Crippen LogP contribution in [0, 0.1) is 0 Å². The van der Waals surface area contributed by atoms with Crippen molar-refractivity contribution in [2.45, 2.75) is 25.8 Å². The van der Waals surface area contributed by atoms with Gasteiger partial charge in [0.1, 0.15) is 0 Å². The van der Waals surface area contributed by atoms with Gasteiger partial charge >= 0.3 is 0 Å². The zero-order chi connectivity index (χ0) is 9.64. The summed E-state index contributed by atoms with van der Waals surface area (Å²) in [6, 6.07) is 0. The molecule has 0 radical (unpaired) electrons. The summed E-state index contributed by atoms with van der Waals surface area (Å²) >= 11 is 0. The van der Waals surface area contributed by atoms with E-state index in [2.05, 4.69) is 18.9 Å². The molecule has 2 heterocycles. The number of hydrogen-bond donors (Lipinski definition) is 1. The zero-order valence-corrected chi connectivity index (χ0v) is 8.41. The van der Waals surface area contributed by atoms with Crippen LogP contribution in [0.5, 0.6) is 0 Å². The van der Waals surface area contributed by atoms with E-state index in [1.165, 1.54) is 11.3 Å². The third kappa shape index (κ3) is 1.26. The van der Waals surface area contributed by atoms with Crippen LogP contribution in [0.2, 0.25) is 0 Å². The SMILES string of the molecule is Cn1ncc2c1C(C)(C)CN(N)C2. The molecule has 1 aliphatic heterocycles. The largest absolute Gasteiger partial charge is 0.272 e. The van der Waals surface area contributed by atoms with Crippen molar-refractivity contribution in [3.63, 3.8) is 0 Å². The molecule has 4 heteroatoms. The first kappa shape index (κ1) is 8.72. The maximum Gasteiger partial charge on any atom is 0.0538 e. The second-order valence-electron chi connectivity index (χ2n) is 4.43. The van der Waals surface area contributed by atoms with Gasteiger partial charge in [-0.05, 0) is 0 Å². The second-order valence-corrected chi connectivity index (χ2v) is 4.43. The van der Waals surface area contributed by atoms with Gasteiger partial charge in [-0.2, -0.15) is 5.10 Å². The quantitative estimate of drug-likeness (QED) is 0.587. The Labute approximate surface area is 78.3 Å². The molecule has 0 aliphatic carbocycles. The van der Waals surface area contributed by atoms with Crippen LogP contribution in [0.15, 0.2) is 6.20 Å². The molecule has 0 saturated carbocycles. The van der Waals surface area contributed by atoms with E-state index in [1.54, 1.807) is 0 Å². The fraction of sp³-hybridized carbons (Fsp3) is 0.667. The molecule has 0 aromatic carbocycles. The van der Waals surface area contributed by atoms with Crippen LogP contribution in [0.25, 0.3) is 0 Å². The van der Waals surface area contributed by atoms with Crippen LogP contribution in [0.4, 0.5) is 0 Å². The van der Waals surface area contributed by atoms with Gasteiger partial charge in [0, 0.05) is 36.8 Å². The fourth-order valence-electron chi connectivity index (χ4n) is 2.33. The summed E-state index contributed by atoms with van der Waals surface area (Å²) in [5, 5.41) is 6.11. The summed E-state index contributed by atoms with van der Waals surface area (Å²) in [5.41, 5.74) is 2.67. The van der Waals surface area contributed by atoms with Crippen molar-refractivity contribution in [2.24, 2.45) is 12.9 Å². The lowest BCUT2D eigenvalue weighted by atomic mass is 9.84. The Morgan fingerprint density at radius 3 is 2.92 bits per heavy atom. The number of hydrazine groups is 1. The maximum absolute atomic E-state index is 5.83. The van der Waals surface area contributed by atoms with E-state index < -0.39 is 0 Å². The van der Waals surface area contributed by atoms with Crippen LogP contribution in [-0.2, 0) is 19.0 Å². The number of aryl methyl sites for hydroxylation is 1. The van der Waals surface area contributed by atoms with Crippen LogP contribution in [0.1, 0.15) is 25.1 Å². The molecule has 2 rings (SSSR count). The van der Waals surface area contributed by atoms with Crippen molar-refractivity contribution < 1.29 is 0 Å². The Hall–Kier alpha value is -0.870. The first-order chi connectivity index (χ1) is 6.00. The van der Waals surface area contributed by atoms with Gasteiger partial charge < -0.3 is 0 Å². The lowest BCUT2D eigenvalue weighted by molar-refractivity contribution is 0.192. The zero-order valence-electron chi connectivity index (χ0n) is 8.41. The third-order valence-corrected chi connectivity index (χ3v) is 2.63. The lowest BCUT2D eigenvalue weighted by Gasteiger charge is -2.35. The van der Waals surface area contributed by atoms with E-state index >= 15 is 0 Å². The lowest BCUT2D eigenvalue weighted by Crippen LogP contribution is -2.46. The van der Waals surface area contributed by atoms with Crippen molar-refractivity contribution in [1.29, 1.82) is 0 Å². The summed E-state index contributed by atoms with van der Waals surface area (Å²) in [6.45, 7) is 6.10. The highest BCUT2D eigenvalue weighted by atomic mass is 15.4. The minimum absolute atomic E-state index is 0.105. The van der Waals surface area contributed by atoms with E-state index in [0.29, 0.717) is 0 Å². The van der Waals surface area contributed by atoms with E-state index in [4.69, 9.17) is 5.84 Å². The fourth-order valence-corrected chi connectivity index (χ4v) is 2.33. The Kier molecular flexibility index (Phi) is 1.72. The van der Waals surface area contributed by atoms with Gasteiger partial charge in [-0.1, -0.05) is 13.8 Å². The molecule has 2 N–H and O–H groups in total. The first-order valence-electron chi connectivity index (χ1n) is 4.52. The molecule has 4 nitrogen and oxygen atoms in total. The summed E-state index contributed by atoms with van der Waals surface area (Å²) in [4.78, 5) is 0. The Bertz CT molecular complexity index is 326. The normalized spacial score (nSPS) is 21.5. The second kappa shape index (κ2) is 2.56. The Balaban J connectivity index is 2.53. The van der Waals surface area contributed by atoms with Gasteiger partial charge in [0.05, 0.1) is 6.20 Å². The van der Waals surface area contributed by atoms with Gasteiger partial charge in [-0.15, -0.1) is 0 Å². The molecule has 0 spiro atoms. The van der Waals surface area contributed by atoms with E-state index in [0.717, 1.165) is 13.1 Å².